The Balaban J connectivity index is 1.95. The normalized spacial score (nSPS) is 11.6. The molecule has 0 fully saturated rings. The van der Waals surface area contributed by atoms with E-state index in [0.717, 1.165) is 23.1 Å². The Morgan fingerprint density at radius 1 is 0.946 bits per heavy atom. The number of aryl methyl sites for hydroxylation is 2. The van der Waals surface area contributed by atoms with Gasteiger partial charge in [0.05, 0.1) is 0 Å². The number of ether oxygens (including phenoxy) is 1. The van der Waals surface area contributed by atoms with Gasteiger partial charge >= 0.3 is 0 Å². The highest BCUT2D eigenvalue weighted by molar-refractivity contribution is 6.36. The van der Waals surface area contributed by atoms with Gasteiger partial charge in [-0.25, -0.2) is 0 Å². The number of nitrogens with one attached hydrogen (secondary N) is 1. The minimum absolute atomic E-state index is 0.0520. The minimum Gasteiger partial charge on any atom is -0.484 e. The molecule has 3 rings (SSSR count). The summed E-state index contributed by atoms with van der Waals surface area (Å²) in [5.74, 6) is -0.0900. The van der Waals surface area contributed by atoms with Crippen molar-refractivity contribution in [3.8, 4) is 5.75 Å². The number of carbonyl (C=O) groups excluding carboxylic acids is 2. The Morgan fingerprint density at radius 2 is 1.57 bits per heavy atom. The molecule has 196 valence electrons. The Kier molecular flexibility index (Phi) is 10.7. The topological polar surface area (TPSA) is 58.6 Å². The highest BCUT2D eigenvalue weighted by Crippen LogP contribution is 2.28. The van der Waals surface area contributed by atoms with E-state index in [4.69, 9.17) is 39.5 Å². The maximum atomic E-state index is 13.7. The summed E-state index contributed by atoms with van der Waals surface area (Å²) in [5.41, 5.74) is 3.19. The van der Waals surface area contributed by atoms with Crippen LogP contribution in [0.2, 0.25) is 15.1 Å². The Morgan fingerprint density at radius 3 is 2.16 bits per heavy atom. The summed E-state index contributed by atoms with van der Waals surface area (Å²) in [7, 11) is 0. The van der Waals surface area contributed by atoms with Gasteiger partial charge in [-0.15, -0.1) is 0 Å². The Labute approximate surface area is 233 Å². The molecule has 2 amide bonds. The zero-order chi connectivity index (χ0) is 26.9. The van der Waals surface area contributed by atoms with E-state index in [9.17, 15) is 9.59 Å². The Hall–Kier alpha value is -2.73. The van der Waals surface area contributed by atoms with E-state index >= 15 is 0 Å². The maximum absolute atomic E-state index is 13.7. The van der Waals surface area contributed by atoms with Crippen LogP contribution in [0.3, 0.4) is 0 Å². The van der Waals surface area contributed by atoms with Crippen LogP contribution in [-0.2, 0) is 22.6 Å². The number of nitrogens with zero attached hydrogens (tertiary/aromatic N) is 1. The lowest BCUT2D eigenvalue weighted by Crippen LogP contribution is -2.51. The predicted molar refractivity (Wildman–Crippen MR) is 151 cm³/mol. The van der Waals surface area contributed by atoms with Crippen molar-refractivity contribution in [3.63, 3.8) is 0 Å². The SMILES string of the molecule is CCCNC(=O)[C@H](Cc1ccccc1)N(Cc1c(Cl)cccc1Cl)C(=O)COc1cc(C)c(Cl)c(C)c1. The van der Waals surface area contributed by atoms with Crippen LogP contribution in [0.25, 0.3) is 0 Å². The lowest BCUT2D eigenvalue weighted by molar-refractivity contribution is -0.142. The van der Waals surface area contributed by atoms with E-state index in [2.05, 4.69) is 5.32 Å². The van der Waals surface area contributed by atoms with Crippen molar-refractivity contribution in [3.05, 3.63) is 98.0 Å². The van der Waals surface area contributed by atoms with Crippen LogP contribution >= 0.6 is 34.8 Å². The summed E-state index contributed by atoms with van der Waals surface area (Å²) < 4.78 is 5.88. The summed E-state index contributed by atoms with van der Waals surface area (Å²) in [6, 6.07) is 17.5. The highest BCUT2D eigenvalue weighted by atomic mass is 35.5. The molecule has 0 saturated carbocycles. The van der Waals surface area contributed by atoms with Crippen LogP contribution in [0.5, 0.6) is 5.75 Å². The number of hydrogen-bond acceptors (Lipinski definition) is 3. The fourth-order valence-electron chi connectivity index (χ4n) is 3.99. The van der Waals surface area contributed by atoms with E-state index in [1.54, 1.807) is 30.3 Å². The maximum Gasteiger partial charge on any atom is 0.261 e. The molecule has 0 heterocycles. The quantitative estimate of drug-likeness (QED) is 0.280. The van der Waals surface area contributed by atoms with Gasteiger partial charge in [0.1, 0.15) is 11.8 Å². The molecule has 37 heavy (non-hydrogen) atoms. The molecule has 1 atom stereocenters. The van der Waals surface area contributed by atoms with Crippen molar-refractivity contribution in [2.24, 2.45) is 0 Å². The van der Waals surface area contributed by atoms with Crippen molar-refractivity contribution in [2.45, 2.75) is 46.2 Å². The first-order valence-electron chi connectivity index (χ1n) is 12.1. The molecule has 0 saturated heterocycles. The van der Waals surface area contributed by atoms with Crippen LogP contribution < -0.4 is 10.1 Å². The first kappa shape index (κ1) is 28.8. The van der Waals surface area contributed by atoms with E-state index in [-0.39, 0.29) is 25.0 Å². The number of benzene rings is 3. The number of amides is 2. The molecule has 0 aliphatic heterocycles. The zero-order valence-electron chi connectivity index (χ0n) is 21.2. The third-order valence-corrected chi connectivity index (χ3v) is 7.29. The minimum atomic E-state index is -0.800. The van der Waals surface area contributed by atoms with Crippen molar-refractivity contribution >= 4 is 46.6 Å². The molecule has 5 nitrogen and oxygen atoms in total. The predicted octanol–water partition coefficient (Wildman–Crippen LogP) is 6.81. The number of carbonyl (C=O) groups is 2. The fourth-order valence-corrected chi connectivity index (χ4v) is 4.62. The Bertz CT molecular complexity index is 1190. The summed E-state index contributed by atoms with van der Waals surface area (Å²) in [5, 5.41) is 4.44. The third kappa shape index (κ3) is 7.88. The fraction of sp³-hybridized carbons (Fsp3) is 0.310. The molecule has 8 heteroatoms. The molecule has 0 unspecified atom stereocenters. The van der Waals surface area contributed by atoms with Gasteiger partial charge in [0.25, 0.3) is 5.91 Å². The zero-order valence-corrected chi connectivity index (χ0v) is 23.5. The molecular formula is C29H31Cl3N2O3. The average molecular weight is 562 g/mol. The largest absolute Gasteiger partial charge is 0.484 e. The van der Waals surface area contributed by atoms with Crippen LogP contribution in [0.4, 0.5) is 0 Å². The molecular weight excluding hydrogens is 531 g/mol. The van der Waals surface area contributed by atoms with E-state index in [1.807, 2.05) is 51.1 Å². The van der Waals surface area contributed by atoms with E-state index < -0.39 is 6.04 Å². The third-order valence-electron chi connectivity index (χ3n) is 5.98. The van der Waals surface area contributed by atoms with Gasteiger partial charge in [0.15, 0.2) is 6.61 Å². The number of rotatable bonds is 11. The number of hydrogen-bond donors (Lipinski definition) is 1. The molecule has 0 radical (unpaired) electrons. The van der Waals surface area contributed by atoms with Crippen molar-refractivity contribution in [1.29, 1.82) is 0 Å². The summed E-state index contributed by atoms with van der Waals surface area (Å²) in [4.78, 5) is 28.6. The molecule has 0 aromatic heterocycles. The molecule has 3 aromatic rings. The van der Waals surface area contributed by atoms with Crippen molar-refractivity contribution in [2.75, 3.05) is 13.2 Å². The summed E-state index contributed by atoms with van der Waals surface area (Å²) >= 11 is 19.2. The molecule has 0 aliphatic carbocycles. The van der Waals surface area contributed by atoms with Crippen molar-refractivity contribution in [1.82, 2.24) is 10.2 Å². The molecule has 0 spiro atoms. The monoisotopic (exact) mass is 560 g/mol. The standard InChI is InChI=1S/C29H31Cl3N2O3/c1-4-13-33-29(36)26(16-21-9-6-5-7-10-21)34(17-23-24(30)11-8-12-25(23)31)27(35)18-37-22-14-19(2)28(32)20(3)15-22/h5-12,14-15,26H,4,13,16-18H2,1-3H3,(H,33,36)/t26-/m0/s1. The number of halogens is 3. The second kappa shape index (κ2) is 13.7. The van der Waals surface area contributed by atoms with Gasteiger partial charge in [0.2, 0.25) is 5.91 Å². The highest BCUT2D eigenvalue weighted by Gasteiger charge is 2.31. The van der Waals surface area contributed by atoms with Gasteiger partial charge in [-0.3, -0.25) is 9.59 Å². The molecule has 0 bridgehead atoms. The van der Waals surface area contributed by atoms with E-state index in [0.29, 0.717) is 39.3 Å². The molecule has 3 aromatic carbocycles. The second-order valence-corrected chi connectivity index (χ2v) is 10.1. The van der Waals surface area contributed by atoms with Crippen LogP contribution in [0.1, 0.15) is 35.6 Å². The summed E-state index contributed by atoms with van der Waals surface area (Å²) in [6.45, 7) is 6.01. The molecule has 1 N–H and O–H groups in total. The lowest BCUT2D eigenvalue weighted by Gasteiger charge is -2.32. The average Bonchev–Trinajstić information content (AvgIpc) is 2.88. The first-order chi connectivity index (χ1) is 17.7. The van der Waals surface area contributed by atoms with Gasteiger partial charge < -0.3 is 15.0 Å². The van der Waals surface area contributed by atoms with Crippen molar-refractivity contribution < 1.29 is 14.3 Å². The van der Waals surface area contributed by atoms with Crippen LogP contribution in [-0.4, -0.2) is 35.9 Å². The smallest absolute Gasteiger partial charge is 0.261 e. The lowest BCUT2D eigenvalue weighted by atomic mass is 10.0. The van der Waals surface area contributed by atoms with Gasteiger partial charge in [-0.05, 0) is 61.2 Å². The second-order valence-electron chi connectivity index (χ2n) is 8.88. The van der Waals surface area contributed by atoms with Gasteiger partial charge in [-0.1, -0.05) is 78.1 Å². The van der Waals surface area contributed by atoms with Gasteiger partial charge in [-0.2, -0.15) is 0 Å². The van der Waals surface area contributed by atoms with Crippen LogP contribution in [0.15, 0.2) is 60.7 Å². The van der Waals surface area contributed by atoms with E-state index in [1.165, 1.54) is 4.90 Å². The first-order valence-corrected chi connectivity index (χ1v) is 13.3. The van der Waals surface area contributed by atoms with Crippen LogP contribution in [0, 0.1) is 13.8 Å². The summed E-state index contributed by atoms with van der Waals surface area (Å²) in [6.07, 6.45) is 1.09. The van der Waals surface area contributed by atoms with Gasteiger partial charge in [0, 0.05) is 40.1 Å². The molecule has 0 aliphatic rings.